The summed E-state index contributed by atoms with van der Waals surface area (Å²) in [5.74, 6) is 1.05. The first-order chi connectivity index (χ1) is 16.1. The molecule has 1 saturated carbocycles. The number of rotatable bonds is 5. The summed E-state index contributed by atoms with van der Waals surface area (Å²) >= 11 is 0. The van der Waals surface area contributed by atoms with Crippen molar-refractivity contribution in [2.45, 2.75) is 25.7 Å². The fraction of sp³-hybridized carbons (Fsp3) is 0.231. The molecule has 4 aromatic heterocycles. The Morgan fingerprint density at radius 3 is 2.73 bits per heavy atom. The summed E-state index contributed by atoms with van der Waals surface area (Å²) in [6.45, 7) is 2.42. The topological polar surface area (TPSA) is 74.8 Å². The van der Waals surface area contributed by atoms with Crippen molar-refractivity contribution in [1.29, 1.82) is 0 Å². The lowest BCUT2D eigenvalue weighted by molar-refractivity contribution is 0.328. The van der Waals surface area contributed by atoms with E-state index in [4.69, 9.17) is 4.74 Å². The molecule has 0 bridgehead atoms. The Morgan fingerprint density at radius 2 is 1.97 bits per heavy atom. The van der Waals surface area contributed by atoms with Gasteiger partial charge in [-0.25, -0.2) is 9.97 Å². The van der Waals surface area contributed by atoms with E-state index in [0.717, 1.165) is 33.4 Å². The summed E-state index contributed by atoms with van der Waals surface area (Å²) in [7, 11) is 1.94. The minimum Gasteiger partial charge on any atom is -0.478 e. The molecule has 1 aromatic carbocycles. The Bertz CT molecular complexity index is 1560. The summed E-state index contributed by atoms with van der Waals surface area (Å²) in [6, 6.07) is 13.6. The van der Waals surface area contributed by atoms with Gasteiger partial charge in [-0.1, -0.05) is 6.07 Å². The molecular formula is C26H23N5O2. The number of imidazole rings is 1. The molecule has 1 aliphatic carbocycles. The van der Waals surface area contributed by atoms with Crippen LogP contribution in [0, 0.1) is 0 Å². The van der Waals surface area contributed by atoms with Crippen molar-refractivity contribution in [2.24, 2.45) is 7.05 Å². The van der Waals surface area contributed by atoms with Crippen molar-refractivity contribution in [2.75, 3.05) is 6.61 Å². The van der Waals surface area contributed by atoms with Crippen LogP contribution in [0.2, 0.25) is 0 Å². The highest BCUT2D eigenvalue weighted by molar-refractivity contribution is 5.93. The van der Waals surface area contributed by atoms with Gasteiger partial charge >= 0.3 is 0 Å². The van der Waals surface area contributed by atoms with Gasteiger partial charge in [0.1, 0.15) is 0 Å². The number of aryl methyl sites for hydroxylation is 1. The van der Waals surface area contributed by atoms with E-state index in [1.807, 2.05) is 67.2 Å². The van der Waals surface area contributed by atoms with Crippen LogP contribution in [0.4, 0.5) is 0 Å². The Hall–Kier alpha value is -4.00. The van der Waals surface area contributed by atoms with Crippen LogP contribution in [-0.4, -0.2) is 30.7 Å². The van der Waals surface area contributed by atoms with Gasteiger partial charge in [-0.2, -0.15) is 0 Å². The molecule has 1 fully saturated rings. The molecule has 7 nitrogen and oxygen atoms in total. The second kappa shape index (κ2) is 7.55. The average Bonchev–Trinajstić information content (AvgIpc) is 3.62. The van der Waals surface area contributed by atoms with Gasteiger partial charge in [0.15, 0.2) is 0 Å². The van der Waals surface area contributed by atoms with Gasteiger partial charge in [0.25, 0.3) is 5.56 Å². The number of benzene rings is 1. The number of ether oxygens (including phenoxy) is 1. The van der Waals surface area contributed by atoms with Gasteiger partial charge < -0.3 is 9.30 Å². The lowest BCUT2D eigenvalue weighted by Crippen LogP contribution is -2.20. The predicted molar refractivity (Wildman–Crippen MR) is 128 cm³/mol. The maximum Gasteiger partial charge on any atom is 0.265 e. The van der Waals surface area contributed by atoms with Crippen molar-refractivity contribution in [3.05, 3.63) is 77.2 Å². The molecule has 0 aliphatic heterocycles. The summed E-state index contributed by atoms with van der Waals surface area (Å²) in [4.78, 5) is 27.6. The van der Waals surface area contributed by atoms with Crippen molar-refractivity contribution in [1.82, 2.24) is 24.1 Å². The van der Waals surface area contributed by atoms with E-state index < -0.39 is 0 Å². The lowest BCUT2D eigenvalue weighted by Gasteiger charge is -2.13. The van der Waals surface area contributed by atoms with Crippen molar-refractivity contribution >= 4 is 21.9 Å². The predicted octanol–water partition coefficient (Wildman–Crippen LogP) is 4.61. The molecule has 0 spiro atoms. The first-order valence-electron chi connectivity index (χ1n) is 11.2. The third-order valence-electron chi connectivity index (χ3n) is 6.19. The summed E-state index contributed by atoms with van der Waals surface area (Å²) < 4.78 is 9.25. The molecule has 5 aromatic rings. The van der Waals surface area contributed by atoms with E-state index in [1.54, 1.807) is 17.1 Å². The van der Waals surface area contributed by atoms with E-state index in [0.29, 0.717) is 29.5 Å². The number of hydrogen-bond donors (Lipinski definition) is 0. The molecule has 1 aliphatic rings. The highest BCUT2D eigenvalue weighted by atomic mass is 16.5. The summed E-state index contributed by atoms with van der Waals surface area (Å²) in [5, 5.41) is 0.851. The Morgan fingerprint density at radius 1 is 1.09 bits per heavy atom. The highest BCUT2D eigenvalue weighted by Gasteiger charge is 2.25. The number of hydrogen-bond acceptors (Lipinski definition) is 5. The summed E-state index contributed by atoms with van der Waals surface area (Å²) in [5.41, 5.74) is 5.45. The Labute approximate surface area is 190 Å². The monoisotopic (exact) mass is 437 g/mol. The first kappa shape index (κ1) is 19.7. The van der Waals surface area contributed by atoms with Gasteiger partial charge in [-0.15, -0.1) is 0 Å². The maximum atomic E-state index is 13.9. The minimum absolute atomic E-state index is 0.147. The zero-order valence-electron chi connectivity index (χ0n) is 18.5. The molecule has 0 radical (unpaired) electrons. The SMILES string of the molecule is CCOc1ccc2cn(-c3ccc4ncn(C)c4c3)c(=O)c(-c3ccc(C4CC4)nc3)c2n1. The summed E-state index contributed by atoms with van der Waals surface area (Å²) in [6.07, 6.45) is 7.78. The van der Waals surface area contributed by atoms with Crippen LogP contribution in [0.15, 0.2) is 66.0 Å². The Kier molecular flexibility index (Phi) is 4.50. The van der Waals surface area contributed by atoms with Gasteiger partial charge in [-0.3, -0.25) is 14.3 Å². The zero-order chi connectivity index (χ0) is 22.5. The molecule has 6 rings (SSSR count). The highest BCUT2D eigenvalue weighted by Crippen LogP contribution is 2.39. The molecule has 7 heteroatoms. The zero-order valence-corrected chi connectivity index (χ0v) is 18.5. The molecule has 164 valence electrons. The molecule has 33 heavy (non-hydrogen) atoms. The van der Waals surface area contributed by atoms with Gasteiger partial charge in [0, 0.05) is 48.1 Å². The van der Waals surface area contributed by atoms with E-state index in [-0.39, 0.29) is 5.56 Å². The van der Waals surface area contributed by atoms with Gasteiger partial charge in [-0.05, 0) is 50.1 Å². The molecule has 0 unspecified atom stereocenters. The minimum atomic E-state index is -0.147. The van der Waals surface area contributed by atoms with Gasteiger partial charge in [0.2, 0.25) is 5.88 Å². The number of fused-ring (bicyclic) bond motifs is 2. The fourth-order valence-corrected chi connectivity index (χ4v) is 4.29. The third kappa shape index (κ3) is 3.36. The molecule has 0 saturated heterocycles. The van der Waals surface area contributed by atoms with Crippen LogP contribution < -0.4 is 10.3 Å². The standard InChI is InChI=1S/C26H23N5O2/c1-3-33-23-11-7-18-14-31(19-8-10-21-22(12-19)30(2)15-28-21)26(32)24(25(18)29-23)17-6-9-20(27-13-17)16-4-5-16/h6-16H,3-5H2,1-2H3. The number of pyridine rings is 3. The molecular weight excluding hydrogens is 414 g/mol. The largest absolute Gasteiger partial charge is 0.478 e. The van der Waals surface area contributed by atoms with Crippen LogP contribution in [-0.2, 0) is 7.05 Å². The lowest BCUT2D eigenvalue weighted by atomic mass is 10.0. The number of aromatic nitrogens is 5. The van der Waals surface area contributed by atoms with Crippen molar-refractivity contribution in [3.63, 3.8) is 0 Å². The molecule has 4 heterocycles. The first-order valence-corrected chi connectivity index (χ1v) is 11.2. The van der Waals surface area contributed by atoms with E-state index >= 15 is 0 Å². The Balaban J connectivity index is 1.60. The average molecular weight is 438 g/mol. The second-order valence-electron chi connectivity index (χ2n) is 8.47. The smallest absolute Gasteiger partial charge is 0.265 e. The maximum absolute atomic E-state index is 13.9. The quantitative estimate of drug-likeness (QED) is 0.401. The van der Waals surface area contributed by atoms with Crippen molar-refractivity contribution in [3.8, 4) is 22.7 Å². The van der Waals surface area contributed by atoms with Crippen LogP contribution in [0.3, 0.4) is 0 Å². The second-order valence-corrected chi connectivity index (χ2v) is 8.47. The number of nitrogens with zero attached hydrogens (tertiary/aromatic N) is 5. The van der Waals surface area contributed by atoms with Crippen LogP contribution in [0.25, 0.3) is 38.8 Å². The van der Waals surface area contributed by atoms with Crippen LogP contribution in [0.5, 0.6) is 5.88 Å². The molecule has 0 amide bonds. The van der Waals surface area contributed by atoms with Gasteiger partial charge in [0.05, 0.1) is 40.7 Å². The van der Waals surface area contributed by atoms with Crippen LogP contribution in [0.1, 0.15) is 31.4 Å². The third-order valence-corrected chi connectivity index (χ3v) is 6.19. The fourth-order valence-electron chi connectivity index (χ4n) is 4.29. The van der Waals surface area contributed by atoms with Crippen LogP contribution >= 0.6 is 0 Å². The van der Waals surface area contributed by atoms with E-state index in [9.17, 15) is 4.79 Å². The van der Waals surface area contributed by atoms with E-state index in [2.05, 4.69) is 15.0 Å². The van der Waals surface area contributed by atoms with E-state index in [1.165, 1.54) is 12.8 Å². The van der Waals surface area contributed by atoms with Crippen molar-refractivity contribution < 1.29 is 4.74 Å². The molecule has 0 N–H and O–H groups in total. The molecule has 0 atom stereocenters. The normalized spacial score (nSPS) is 13.6.